The third kappa shape index (κ3) is 21.7. The summed E-state index contributed by atoms with van der Waals surface area (Å²) in [6.45, 7) is 53.7. The average Bonchev–Trinajstić information content (AvgIpc) is 3.54. The third-order valence-corrected chi connectivity index (χ3v) is 9.11. The molecule has 0 aromatic rings. The molecule has 0 radical (unpaired) electrons. The van der Waals surface area contributed by atoms with Crippen LogP contribution in [0.15, 0.2) is 85.1 Å². The second kappa shape index (κ2) is 25.2. The van der Waals surface area contributed by atoms with E-state index in [-0.39, 0.29) is 11.0 Å². The van der Waals surface area contributed by atoms with E-state index in [1.807, 2.05) is 20.8 Å². The summed E-state index contributed by atoms with van der Waals surface area (Å²) < 4.78 is 0. The summed E-state index contributed by atoms with van der Waals surface area (Å²) in [5.41, 5.74) is 6.04. The van der Waals surface area contributed by atoms with Gasteiger partial charge in [-0.05, 0) is 114 Å². The maximum atomic E-state index is 4.53. The number of rotatable bonds is 12. The van der Waals surface area contributed by atoms with Crippen LogP contribution in [0, 0.1) is 34.5 Å². The molecule has 2 rings (SSSR count). The Labute approximate surface area is 298 Å². The van der Waals surface area contributed by atoms with E-state index < -0.39 is 0 Å². The zero-order valence-electron chi connectivity index (χ0n) is 35.1. The SMILES string of the molecule is C=C(C)C(C)CCC.C=C(C)C(CC(=C)C(NC(C)(C)C)C(C)(C)C)C1C(CC)C1(C)C.C=CC.CC.CC/C=C/C1=CCCC=C1. The summed E-state index contributed by atoms with van der Waals surface area (Å²) in [4.78, 5) is 0. The number of hydrogen-bond donors (Lipinski definition) is 1. The molecule has 1 fully saturated rings. The first-order chi connectivity index (χ1) is 21.7. The van der Waals surface area contributed by atoms with Crippen LogP contribution in [-0.2, 0) is 0 Å². The molecule has 0 amide bonds. The first-order valence-electron chi connectivity index (χ1n) is 19.0. The van der Waals surface area contributed by atoms with Gasteiger partial charge in [0.15, 0.2) is 0 Å². The van der Waals surface area contributed by atoms with Gasteiger partial charge < -0.3 is 5.32 Å². The molecule has 2 aliphatic rings. The molecule has 1 heteroatoms. The molecule has 0 aliphatic heterocycles. The Hall–Kier alpha value is -1.86. The van der Waals surface area contributed by atoms with Crippen molar-refractivity contribution < 1.29 is 0 Å². The van der Waals surface area contributed by atoms with E-state index >= 15 is 0 Å². The Morgan fingerprint density at radius 1 is 0.979 bits per heavy atom. The van der Waals surface area contributed by atoms with Crippen LogP contribution < -0.4 is 5.32 Å². The van der Waals surface area contributed by atoms with Crippen LogP contribution in [0.2, 0.25) is 0 Å². The van der Waals surface area contributed by atoms with Crippen molar-refractivity contribution in [2.24, 2.45) is 34.5 Å². The van der Waals surface area contributed by atoms with Gasteiger partial charge in [0.1, 0.15) is 0 Å². The van der Waals surface area contributed by atoms with Crippen molar-refractivity contribution >= 4 is 0 Å². The zero-order valence-corrected chi connectivity index (χ0v) is 35.1. The van der Waals surface area contributed by atoms with Crippen molar-refractivity contribution in [2.45, 2.75) is 174 Å². The zero-order chi connectivity index (χ0) is 37.6. The lowest BCUT2D eigenvalue weighted by Crippen LogP contribution is -2.50. The molecule has 0 aromatic heterocycles. The molecule has 2 aliphatic carbocycles. The van der Waals surface area contributed by atoms with Crippen molar-refractivity contribution in [3.8, 4) is 0 Å². The summed E-state index contributed by atoms with van der Waals surface area (Å²) in [6, 6.07) is 0.321. The molecular formula is C46H85N. The van der Waals surface area contributed by atoms with Crippen LogP contribution >= 0.6 is 0 Å². The van der Waals surface area contributed by atoms with Crippen LogP contribution in [0.4, 0.5) is 0 Å². The Morgan fingerprint density at radius 3 is 1.81 bits per heavy atom. The molecule has 0 saturated heterocycles. The number of allylic oxidation sites excluding steroid dienone is 9. The van der Waals surface area contributed by atoms with Crippen molar-refractivity contribution in [3.05, 3.63) is 85.1 Å². The van der Waals surface area contributed by atoms with E-state index in [0.29, 0.717) is 17.4 Å². The lowest BCUT2D eigenvalue weighted by atomic mass is 9.76. The topological polar surface area (TPSA) is 12.0 Å². The first kappa shape index (κ1) is 49.5. The molecule has 1 nitrogen and oxygen atoms in total. The lowest BCUT2D eigenvalue weighted by molar-refractivity contribution is 0.239. The van der Waals surface area contributed by atoms with Gasteiger partial charge in [-0.1, -0.05) is 162 Å². The Bertz CT molecular complexity index is 967. The standard InChI is InChI=1S/C23H43N.C10H14.C8H16.C3H6.C2H6/c1-13-18-19(23(18,11)12)17(15(2)3)14-16(4)20(21(5,6)7)24-22(8,9)10;1-2-3-7-10-8-5-4-6-9-10;1-5-6-8(4)7(2)3;1-3-2;1-2/h17-20,24H,2,4,13-14H2,1,3,5-12H3;3,5,7-9H,2,4,6H2,1H3;8H,2,5-6H2,1,3-4H3;3H,1H2,2H3;1-2H3/b;7-3+;;;. The summed E-state index contributed by atoms with van der Waals surface area (Å²) in [6.07, 6.45) is 21.3. The second-order valence-electron chi connectivity index (χ2n) is 16.3. The fourth-order valence-corrected chi connectivity index (χ4v) is 6.43. The van der Waals surface area contributed by atoms with E-state index in [9.17, 15) is 0 Å². The van der Waals surface area contributed by atoms with Gasteiger partial charge in [0.05, 0.1) is 0 Å². The first-order valence-corrected chi connectivity index (χ1v) is 19.0. The third-order valence-electron chi connectivity index (χ3n) is 9.11. The van der Waals surface area contributed by atoms with Gasteiger partial charge in [-0.2, -0.15) is 0 Å². The maximum absolute atomic E-state index is 4.53. The van der Waals surface area contributed by atoms with E-state index in [1.165, 1.54) is 54.4 Å². The molecule has 5 unspecified atom stereocenters. The highest BCUT2D eigenvalue weighted by Crippen LogP contribution is 2.65. The molecule has 0 bridgehead atoms. The van der Waals surface area contributed by atoms with Gasteiger partial charge >= 0.3 is 0 Å². The fourth-order valence-electron chi connectivity index (χ4n) is 6.43. The quantitative estimate of drug-likeness (QED) is 0.207. The van der Waals surface area contributed by atoms with Crippen LogP contribution in [0.5, 0.6) is 0 Å². The molecule has 5 atom stereocenters. The van der Waals surface area contributed by atoms with Crippen LogP contribution in [0.1, 0.15) is 163 Å². The van der Waals surface area contributed by atoms with Crippen molar-refractivity contribution in [1.82, 2.24) is 5.32 Å². The van der Waals surface area contributed by atoms with Gasteiger partial charge in [0, 0.05) is 11.6 Å². The molecule has 0 spiro atoms. The van der Waals surface area contributed by atoms with E-state index in [4.69, 9.17) is 0 Å². The second-order valence-corrected chi connectivity index (χ2v) is 16.3. The van der Waals surface area contributed by atoms with E-state index in [0.717, 1.165) is 30.6 Å². The molecule has 274 valence electrons. The largest absolute Gasteiger partial charge is 0.305 e. The lowest BCUT2D eigenvalue weighted by Gasteiger charge is -2.39. The van der Waals surface area contributed by atoms with E-state index in [1.54, 1.807) is 6.08 Å². The van der Waals surface area contributed by atoms with Gasteiger partial charge in [0.2, 0.25) is 0 Å². The van der Waals surface area contributed by atoms with Gasteiger partial charge in [-0.25, -0.2) is 0 Å². The van der Waals surface area contributed by atoms with Crippen LogP contribution in [0.25, 0.3) is 0 Å². The smallest absolute Gasteiger partial charge is 0.0330 e. The van der Waals surface area contributed by atoms with Gasteiger partial charge in [-0.3, -0.25) is 0 Å². The monoisotopic (exact) mass is 652 g/mol. The highest BCUT2D eigenvalue weighted by Gasteiger charge is 2.59. The molecule has 0 aromatic carbocycles. The summed E-state index contributed by atoms with van der Waals surface area (Å²) >= 11 is 0. The Balaban J connectivity index is -0.000000687. The minimum Gasteiger partial charge on any atom is -0.305 e. The Kier molecular flexibility index (Phi) is 26.5. The molecule has 47 heavy (non-hydrogen) atoms. The van der Waals surface area contributed by atoms with Gasteiger partial charge in [0.25, 0.3) is 0 Å². The average molecular weight is 652 g/mol. The number of hydrogen-bond acceptors (Lipinski definition) is 1. The predicted octanol–water partition coefficient (Wildman–Crippen LogP) is 15.1. The molecule has 1 saturated carbocycles. The normalized spacial score (nSPS) is 19.7. The minimum absolute atomic E-state index is 0.0877. The van der Waals surface area contributed by atoms with E-state index in [2.05, 4.69) is 159 Å². The van der Waals surface area contributed by atoms with Crippen molar-refractivity contribution in [1.29, 1.82) is 0 Å². The Morgan fingerprint density at radius 2 is 1.51 bits per heavy atom. The molecular weight excluding hydrogens is 567 g/mol. The molecule has 1 N–H and O–H groups in total. The van der Waals surface area contributed by atoms with Gasteiger partial charge in [-0.15, -0.1) is 6.58 Å². The summed E-state index contributed by atoms with van der Waals surface area (Å²) in [7, 11) is 0. The van der Waals surface area contributed by atoms with Crippen LogP contribution in [0.3, 0.4) is 0 Å². The highest BCUT2D eigenvalue weighted by molar-refractivity contribution is 5.32. The predicted molar refractivity (Wildman–Crippen MR) is 221 cm³/mol. The minimum atomic E-state index is 0.0877. The fraction of sp³-hybridized carbons (Fsp3) is 0.696. The molecule has 0 heterocycles. The maximum Gasteiger partial charge on any atom is 0.0330 e. The summed E-state index contributed by atoms with van der Waals surface area (Å²) in [5.74, 6) is 2.87. The van der Waals surface area contributed by atoms with Crippen molar-refractivity contribution in [3.63, 3.8) is 0 Å². The summed E-state index contributed by atoms with van der Waals surface area (Å²) in [5, 5.41) is 3.82. The van der Waals surface area contributed by atoms with Crippen molar-refractivity contribution in [2.75, 3.05) is 0 Å². The van der Waals surface area contributed by atoms with Crippen LogP contribution in [-0.4, -0.2) is 11.6 Å². The number of nitrogens with one attached hydrogen (secondary N) is 1. The highest BCUT2D eigenvalue weighted by atomic mass is 15.0.